The van der Waals surface area contributed by atoms with E-state index in [0.29, 0.717) is 13.0 Å². The van der Waals surface area contributed by atoms with Crippen LogP contribution in [0.25, 0.3) is 0 Å². The molecule has 1 aromatic rings. The van der Waals surface area contributed by atoms with Gasteiger partial charge in [0.2, 0.25) is 5.91 Å². The first-order chi connectivity index (χ1) is 9.69. The van der Waals surface area contributed by atoms with Gasteiger partial charge >= 0.3 is 0 Å². The maximum Gasteiger partial charge on any atom is 0.226 e. The average molecular weight is 277 g/mol. The van der Waals surface area contributed by atoms with Gasteiger partial charge in [0.05, 0.1) is 0 Å². The Morgan fingerprint density at radius 3 is 2.45 bits per heavy atom. The predicted octanol–water partition coefficient (Wildman–Crippen LogP) is 4.50. The van der Waals surface area contributed by atoms with E-state index in [1.807, 2.05) is 13.0 Å². The molecular weight excluding hydrogens is 250 g/mol. The molecule has 3 nitrogen and oxygen atoms in total. The summed E-state index contributed by atoms with van der Waals surface area (Å²) in [5, 5.41) is 9.50. The van der Waals surface area contributed by atoms with E-state index in [4.69, 9.17) is 0 Å². The summed E-state index contributed by atoms with van der Waals surface area (Å²) in [6.07, 6.45) is 7.71. The zero-order chi connectivity index (χ0) is 14.8. The number of phenolic OH excluding ortho intramolecular Hbond substituents is 1. The number of hydrogen-bond donors (Lipinski definition) is 1. The largest absolute Gasteiger partial charge is 0.508 e. The summed E-state index contributed by atoms with van der Waals surface area (Å²) in [6, 6.07) is 6.89. The van der Waals surface area contributed by atoms with Crippen LogP contribution in [0.5, 0.6) is 5.75 Å². The van der Waals surface area contributed by atoms with Crippen LogP contribution >= 0.6 is 0 Å². The van der Waals surface area contributed by atoms with Gasteiger partial charge < -0.3 is 10.0 Å². The molecule has 0 saturated carbocycles. The standard InChI is InChI=1S/C17H27NO2/c1-3-5-6-7-8-9-13-17(20)18(4-2)15-11-10-12-16(19)14-15/h10-12,14,19H,3-9,13H2,1-2H3. The highest BCUT2D eigenvalue weighted by Gasteiger charge is 2.13. The Labute approximate surface area is 122 Å². The van der Waals surface area contributed by atoms with Crippen molar-refractivity contribution in [2.45, 2.75) is 58.8 Å². The minimum absolute atomic E-state index is 0.147. The van der Waals surface area contributed by atoms with Crippen molar-refractivity contribution in [1.29, 1.82) is 0 Å². The third-order valence-electron chi connectivity index (χ3n) is 3.50. The van der Waals surface area contributed by atoms with Crippen molar-refractivity contribution >= 4 is 11.6 Å². The second kappa shape index (κ2) is 9.40. The highest BCUT2D eigenvalue weighted by Crippen LogP contribution is 2.21. The number of benzene rings is 1. The monoisotopic (exact) mass is 277 g/mol. The molecule has 0 heterocycles. The first kappa shape index (κ1) is 16.5. The second-order valence-electron chi connectivity index (χ2n) is 5.18. The zero-order valence-electron chi connectivity index (χ0n) is 12.8. The maximum absolute atomic E-state index is 12.2. The topological polar surface area (TPSA) is 40.5 Å². The molecule has 0 aliphatic heterocycles. The lowest BCUT2D eigenvalue weighted by atomic mass is 10.1. The number of nitrogens with zero attached hydrogens (tertiary/aromatic N) is 1. The molecule has 0 aliphatic carbocycles. The minimum atomic E-state index is 0.147. The van der Waals surface area contributed by atoms with Gasteiger partial charge in [-0.2, -0.15) is 0 Å². The van der Waals surface area contributed by atoms with E-state index in [-0.39, 0.29) is 11.7 Å². The fraction of sp³-hybridized carbons (Fsp3) is 0.588. The first-order valence-corrected chi connectivity index (χ1v) is 7.78. The van der Waals surface area contributed by atoms with Crippen LogP contribution in [0.2, 0.25) is 0 Å². The van der Waals surface area contributed by atoms with Gasteiger partial charge in [0.15, 0.2) is 0 Å². The first-order valence-electron chi connectivity index (χ1n) is 7.78. The van der Waals surface area contributed by atoms with Gasteiger partial charge in [-0.25, -0.2) is 0 Å². The number of carbonyl (C=O) groups excluding carboxylic acids is 1. The predicted molar refractivity (Wildman–Crippen MR) is 84.1 cm³/mol. The van der Waals surface area contributed by atoms with Crippen LogP contribution in [0.1, 0.15) is 58.8 Å². The van der Waals surface area contributed by atoms with Crippen molar-refractivity contribution < 1.29 is 9.90 Å². The molecule has 0 radical (unpaired) electrons. The Kier molecular flexibility index (Phi) is 7.78. The van der Waals surface area contributed by atoms with Crippen molar-refractivity contribution in [3.8, 4) is 5.75 Å². The van der Waals surface area contributed by atoms with E-state index >= 15 is 0 Å². The molecule has 0 aliphatic rings. The van der Waals surface area contributed by atoms with Crippen molar-refractivity contribution in [2.75, 3.05) is 11.4 Å². The number of hydrogen-bond acceptors (Lipinski definition) is 2. The molecule has 3 heteroatoms. The number of carbonyl (C=O) groups is 1. The number of amides is 1. The lowest BCUT2D eigenvalue weighted by Crippen LogP contribution is -2.30. The van der Waals surface area contributed by atoms with Crippen LogP contribution in [0.4, 0.5) is 5.69 Å². The molecule has 20 heavy (non-hydrogen) atoms. The molecule has 0 fully saturated rings. The lowest BCUT2D eigenvalue weighted by Gasteiger charge is -2.21. The average Bonchev–Trinajstić information content (AvgIpc) is 2.43. The fourth-order valence-corrected chi connectivity index (χ4v) is 2.36. The van der Waals surface area contributed by atoms with Crippen LogP contribution in [0.15, 0.2) is 24.3 Å². The molecule has 112 valence electrons. The van der Waals surface area contributed by atoms with Gasteiger partial charge in [-0.15, -0.1) is 0 Å². The summed E-state index contributed by atoms with van der Waals surface area (Å²) in [6.45, 7) is 4.80. The molecule has 0 unspecified atom stereocenters. The third kappa shape index (κ3) is 5.64. The summed E-state index contributed by atoms with van der Waals surface area (Å²) in [4.78, 5) is 14.0. The van der Waals surface area contributed by atoms with Crippen molar-refractivity contribution in [2.24, 2.45) is 0 Å². The van der Waals surface area contributed by atoms with Gasteiger partial charge in [0, 0.05) is 24.7 Å². The molecule has 0 atom stereocenters. The highest BCUT2D eigenvalue weighted by atomic mass is 16.3. The highest BCUT2D eigenvalue weighted by molar-refractivity contribution is 5.93. The van der Waals surface area contributed by atoms with Crippen LogP contribution in [-0.2, 0) is 4.79 Å². The molecule has 0 aromatic heterocycles. The smallest absolute Gasteiger partial charge is 0.226 e. The fourth-order valence-electron chi connectivity index (χ4n) is 2.36. The van der Waals surface area contributed by atoms with E-state index < -0.39 is 0 Å². The molecular formula is C17H27NO2. The number of rotatable bonds is 9. The van der Waals surface area contributed by atoms with Gasteiger partial charge in [0.25, 0.3) is 0 Å². The maximum atomic E-state index is 12.2. The second-order valence-corrected chi connectivity index (χ2v) is 5.18. The van der Waals surface area contributed by atoms with Gasteiger partial charge in [0.1, 0.15) is 5.75 Å². The number of phenols is 1. The number of unbranched alkanes of at least 4 members (excludes halogenated alkanes) is 5. The Balaban J connectivity index is 2.40. The lowest BCUT2D eigenvalue weighted by molar-refractivity contribution is -0.118. The molecule has 0 spiro atoms. The van der Waals surface area contributed by atoms with E-state index in [1.165, 1.54) is 25.7 Å². The third-order valence-corrected chi connectivity index (χ3v) is 3.50. The molecule has 1 rings (SSSR count). The van der Waals surface area contributed by atoms with E-state index in [1.54, 1.807) is 23.1 Å². The Bertz CT molecular complexity index is 404. The van der Waals surface area contributed by atoms with E-state index in [0.717, 1.165) is 18.5 Å². The Hall–Kier alpha value is -1.51. The normalized spacial score (nSPS) is 10.5. The zero-order valence-corrected chi connectivity index (χ0v) is 12.8. The van der Waals surface area contributed by atoms with Gasteiger partial charge in [-0.3, -0.25) is 4.79 Å². The molecule has 1 aromatic carbocycles. The Morgan fingerprint density at radius 1 is 1.10 bits per heavy atom. The molecule has 0 saturated heterocycles. The van der Waals surface area contributed by atoms with Gasteiger partial charge in [-0.1, -0.05) is 45.1 Å². The summed E-state index contributed by atoms with van der Waals surface area (Å²) in [7, 11) is 0. The summed E-state index contributed by atoms with van der Waals surface area (Å²) < 4.78 is 0. The van der Waals surface area contributed by atoms with Crippen molar-refractivity contribution in [3.63, 3.8) is 0 Å². The number of aromatic hydroxyl groups is 1. The van der Waals surface area contributed by atoms with Crippen molar-refractivity contribution in [1.82, 2.24) is 0 Å². The van der Waals surface area contributed by atoms with Crippen LogP contribution in [0, 0.1) is 0 Å². The quantitative estimate of drug-likeness (QED) is 0.675. The van der Waals surface area contributed by atoms with E-state index in [2.05, 4.69) is 6.92 Å². The molecule has 0 bridgehead atoms. The van der Waals surface area contributed by atoms with E-state index in [9.17, 15) is 9.90 Å². The number of anilines is 1. The van der Waals surface area contributed by atoms with Crippen LogP contribution < -0.4 is 4.90 Å². The van der Waals surface area contributed by atoms with Gasteiger partial charge in [-0.05, 0) is 25.5 Å². The van der Waals surface area contributed by atoms with Crippen molar-refractivity contribution in [3.05, 3.63) is 24.3 Å². The Morgan fingerprint density at radius 2 is 1.80 bits per heavy atom. The summed E-state index contributed by atoms with van der Waals surface area (Å²) in [5.41, 5.74) is 0.781. The summed E-state index contributed by atoms with van der Waals surface area (Å²) >= 11 is 0. The summed E-state index contributed by atoms with van der Waals surface area (Å²) in [5.74, 6) is 0.349. The van der Waals surface area contributed by atoms with Crippen LogP contribution in [-0.4, -0.2) is 17.6 Å². The molecule has 1 amide bonds. The molecule has 1 N–H and O–H groups in total. The van der Waals surface area contributed by atoms with Crippen LogP contribution in [0.3, 0.4) is 0 Å². The SMILES string of the molecule is CCCCCCCCC(=O)N(CC)c1cccc(O)c1. The minimum Gasteiger partial charge on any atom is -0.508 e.